The van der Waals surface area contributed by atoms with Crippen LogP contribution in [-0.2, 0) is 9.53 Å². The van der Waals surface area contributed by atoms with E-state index in [9.17, 15) is 4.79 Å². The Morgan fingerprint density at radius 3 is 2.23 bits per heavy atom. The number of rotatable bonds is 5. The first kappa shape index (κ1) is 17.5. The lowest BCUT2D eigenvalue weighted by atomic mass is 10.1. The summed E-state index contributed by atoms with van der Waals surface area (Å²) in [5.41, 5.74) is 2.63. The van der Waals surface area contributed by atoms with Gasteiger partial charge in [-0.15, -0.1) is 0 Å². The van der Waals surface area contributed by atoms with Gasteiger partial charge in [-0.2, -0.15) is 0 Å². The van der Waals surface area contributed by atoms with E-state index >= 15 is 0 Å². The molecule has 0 bridgehead atoms. The highest BCUT2D eigenvalue weighted by atomic mass is 16.6. The van der Waals surface area contributed by atoms with Crippen LogP contribution in [0.3, 0.4) is 0 Å². The van der Waals surface area contributed by atoms with Gasteiger partial charge in [0.2, 0.25) is 5.90 Å². The Bertz CT molecular complexity index is 892. The lowest BCUT2D eigenvalue weighted by molar-refractivity contribution is -0.129. The van der Waals surface area contributed by atoms with Crippen LogP contribution < -0.4 is 14.2 Å². The van der Waals surface area contributed by atoms with E-state index in [1.165, 1.54) is 0 Å². The molecule has 0 atom stereocenters. The van der Waals surface area contributed by atoms with Gasteiger partial charge in [-0.25, -0.2) is 9.79 Å². The Hall–Kier alpha value is -3.28. The van der Waals surface area contributed by atoms with Crippen LogP contribution >= 0.6 is 0 Å². The van der Waals surface area contributed by atoms with E-state index in [4.69, 9.17) is 18.9 Å². The number of methoxy groups -OCH3 is 3. The fourth-order valence-electron chi connectivity index (χ4n) is 2.61. The van der Waals surface area contributed by atoms with Crippen LogP contribution in [0.2, 0.25) is 0 Å². The maximum atomic E-state index is 12.2. The number of hydrogen-bond donors (Lipinski definition) is 0. The van der Waals surface area contributed by atoms with Crippen molar-refractivity contribution in [1.29, 1.82) is 0 Å². The number of benzene rings is 2. The van der Waals surface area contributed by atoms with E-state index in [0.29, 0.717) is 17.1 Å². The van der Waals surface area contributed by atoms with Gasteiger partial charge < -0.3 is 18.9 Å². The average molecular weight is 353 g/mol. The molecule has 26 heavy (non-hydrogen) atoms. The molecule has 6 heteroatoms. The standard InChI is InChI=1S/C20H19NO5/c1-12-7-13(5-6-18(12)25-4)8-17-20(22)26-19(21-17)14-9-15(23-2)11-16(10-14)24-3/h5-11H,1-4H3/b17-8-. The summed E-state index contributed by atoms with van der Waals surface area (Å²) in [5, 5.41) is 0. The molecule has 0 saturated carbocycles. The lowest BCUT2D eigenvalue weighted by Crippen LogP contribution is -2.06. The smallest absolute Gasteiger partial charge is 0.363 e. The highest BCUT2D eigenvalue weighted by Gasteiger charge is 2.25. The number of esters is 1. The summed E-state index contributed by atoms with van der Waals surface area (Å²) in [6, 6.07) is 10.8. The maximum Gasteiger partial charge on any atom is 0.363 e. The van der Waals surface area contributed by atoms with Gasteiger partial charge in [-0.05, 0) is 48.4 Å². The number of carbonyl (C=O) groups excluding carboxylic acids is 1. The molecule has 0 spiro atoms. The zero-order chi connectivity index (χ0) is 18.7. The summed E-state index contributed by atoms with van der Waals surface area (Å²) in [4.78, 5) is 16.5. The Balaban J connectivity index is 1.95. The molecule has 0 unspecified atom stereocenters. The summed E-state index contributed by atoms with van der Waals surface area (Å²) >= 11 is 0. The minimum Gasteiger partial charge on any atom is -0.497 e. The third-order valence-corrected chi connectivity index (χ3v) is 3.94. The number of carbonyl (C=O) groups is 1. The third kappa shape index (κ3) is 3.54. The van der Waals surface area contributed by atoms with Gasteiger partial charge in [0, 0.05) is 11.6 Å². The van der Waals surface area contributed by atoms with Crippen LogP contribution in [0.4, 0.5) is 0 Å². The maximum absolute atomic E-state index is 12.2. The number of hydrogen-bond acceptors (Lipinski definition) is 6. The molecule has 0 saturated heterocycles. The van der Waals surface area contributed by atoms with Crippen molar-refractivity contribution in [2.75, 3.05) is 21.3 Å². The second-order valence-corrected chi connectivity index (χ2v) is 5.67. The van der Waals surface area contributed by atoms with Gasteiger partial charge in [0.05, 0.1) is 21.3 Å². The second-order valence-electron chi connectivity index (χ2n) is 5.67. The predicted octanol–water partition coefficient (Wildman–Crippen LogP) is 3.37. The van der Waals surface area contributed by atoms with Crippen LogP contribution in [0.25, 0.3) is 6.08 Å². The zero-order valence-electron chi connectivity index (χ0n) is 15.0. The normalized spacial score (nSPS) is 14.8. The molecule has 2 aromatic rings. The minimum atomic E-state index is -0.504. The zero-order valence-corrected chi connectivity index (χ0v) is 15.0. The molecule has 1 aliphatic heterocycles. The summed E-state index contributed by atoms with van der Waals surface area (Å²) in [6.07, 6.45) is 1.68. The molecular formula is C20H19NO5. The topological polar surface area (TPSA) is 66.3 Å². The number of aryl methyl sites for hydroxylation is 1. The first-order valence-electron chi connectivity index (χ1n) is 7.94. The highest BCUT2D eigenvalue weighted by Crippen LogP contribution is 2.27. The van der Waals surface area contributed by atoms with Crippen molar-refractivity contribution in [3.05, 3.63) is 58.8 Å². The van der Waals surface area contributed by atoms with Crippen LogP contribution in [-0.4, -0.2) is 33.2 Å². The Morgan fingerprint density at radius 1 is 0.962 bits per heavy atom. The van der Waals surface area contributed by atoms with Gasteiger partial charge in [0.15, 0.2) is 5.70 Å². The van der Waals surface area contributed by atoms with Gasteiger partial charge in [-0.1, -0.05) is 6.07 Å². The predicted molar refractivity (Wildman–Crippen MR) is 97.9 cm³/mol. The minimum absolute atomic E-state index is 0.212. The summed E-state index contributed by atoms with van der Waals surface area (Å²) < 4.78 is 21.0. The fraction of sp³-hybridized carbons (Fsp3) is 0.200. The number of aliphatic imine (C=N–C) groups is 1. The second kappa shape index (κ2) is 7.31. The summed E-state index contributed by atoms with van der Waals surface area (Å²) in [6.45, 7) is 1.94. The van der Waals surface area contributed by atoms with Crippen molar-refractivity contribution >= 4 is 17.9 Å². The molecule has 2 aromatic carbocycles. The van der Waals surface area contributed by atoms with Crippen molar-refractivity contribution in [2.45, 2.75) is 6.92 Å². The van der Waals surface area contributed by atoms with E-state index in [1.807, 2.05) is 25.1 Å². The van der Waals surface area contributed by atoms with Gasteiger partial charge >= 0.3 is 5.97 Å². The van der Waals surface area contributed by atoms with E-state index in [-0.39, 0.29) is 11.6 Å². The largest absolute Gasteiger partial charge is 0.497 e. The monoisotopic (exact) mass is 353 g/mol. The van der Waals surface area contributed by atoms with Crippen molar-refractivity contribution in [3.63, 3.8) is 0 Å². The van der Waals surface area contributed by atoms with Gasteiger partial charge in [-0.3, -0.25) is 0 Å². The number of nitrogens with zero attached hydrogens (tertiary/aromatic N) is 1. The van der Waals surface area contributed by atoms with Crippen molar-refractivity contribution in [3.8, 4) is 17.2 Å². The summed E-state index contributed by atoms with van der Waals surface area (Å²) in [7, 11) is 4.73. The number of ether oxygens (including phenoxy) is 4. The van der Waals surface area contributed by atoms with Crippen molar-refractivity contribution < 1.29 is 23.7 Å². The van der Waals surface area contributed by atoms with Crippen molar-refractivity contribution in [2.24, 2.45) is 4.99 Å². The molecule has 0 aliphatic carbocycles. The van der Waals surface area contributed by atoms with Gasteiger partial charge in [0.1, 0.15) is 17.2 Å². The molecule has 134 valence electrons. The molecule has 3 rings (SSSR count). The molecular weight excluding hydrogens is 334 g/mol. The quantitative estimate of drug-likeness (QED) is 0.609. The Morgan fingerprint density at radius 2 is 1.65 bits per heavy atom. The van der Waals surface area contributed by atoms with E-state index in [2.05, 4.69) is 4.99 Å². The SMILES string of the molecule is COc1cc(OC)cc(C2=N/C(=C\c3ccc(OC)c(C)c3)C(=O)O2)c1. The van der Waals surface area contributed by atoms with Crippen LogP contribution in [0, 0.1) is 6.92 Å². The first-order valence-corrected chi connectivity index (χ1v) is 7.94. The van der Waals surface area contributed by atoms with E-state index in [1.54, 1.807) is 45.6 Å². The molecule has 0 radical (unpaired) electrons. The molecule has 0 amide bonds. The van der Waals surface area contributed by atoms with Crippen LogP contribution in [0.1, 0.15) is 16.7 Å². The van der Waals surface area contributed by atoms with Gasteiger partial charge in [0.25, 0.3) is 0 Å². The van der Waals surface area contributed by atoms with E-state index in [0.717, 1.165) is 16.9 Å². The lowest BCUT2D eigenvalue weighted by Gasteiger charge is -2.07. The third-order valence-electron chi connectivity index (χ3n) is 3.94. The first-order chi connectivity index (χ1) is 12.5. The van der Waals surface area contributed by atoms with Crippen molar-refractivity contribution in [1.82, 2.24) is 0 Å². The molecule has 1 aliphatic rings. The molecule has 0 aromatic heterocycles. The molecule has 6 nitrogen and oxygen atoms in total. The summed E-state index contributed by atoms with van der Waals surface area (Å²) in [5.74, 6) is 1.66. The van der Waals surface area contributed by atoms with Crippen LogP contribution in [0.5, 0.6) is 17.2 Å². The fourth-order valence-corrected chi connectivity index (χ4v) is 2.61. The molecule has 1 heterocycles. The van der Waals surface area contributed by atoms with Crippen LogP contribution in [0.15, 0.2) is 47.1 Å². The Kier molecular flexibility index (Phi) is 4.93. The number of cyclic esters (lactones) is 1. The average Bonchev–Trinajstić information content (AvgIpc) is 3.02. The Labute approximate surface area is 151 Å². The molecule has 0 N–H and O–H groups in total. The highest BCUT2D eigenvalue weighted by molar-refractivity contribution is 6.13. The molecule has 0 fully saturated rings. The van der Waals surface area contributed by atoms with E-state index < -0.39 is 5.97 Å².